The zero-order valence-corrected chi connectivity index (χ0v) is 17.7. The molecule has 0 aliphatic carbocycles. The first-order chi connectivity index (χ1) is 14.0. The van der Waals surface area contributed by atoms with Gasteiger partial charge < -0.3 is 19.1 Å². The maximum absolute atomic E-state index is 12.9. The van der Waals surface area contributed by atoms with Crippen molar-refractivity contribution in [1.29, 1.82) is 0 Å². The van der Waals surface area contributed by atoms with E-state index < -0.39 is 0 Å². The van der Waals surface area contributed by atoms with E-state index in [9.17, 15) is 4.79 Å². The number of H-pyrrole nitrogens is 1. The van der Waals surface area contributed by atoms with E-state index in [1.807, 2.05) is 4.90 Å². The summed E-state index contributed by atoms with van der Waals surface area (Å²) in [6, 6.07) is 0. The van der Waals surface area contributed by atoms with E-state index in [4.69, 9.17) is 14.2 Å². The van der Waals surface area contributed by atoms with Gasteiger partial charge in [-0.05, 0) is 33.1 Å². The molecule has 162 valence electrons. The van der Waals surface area contributed by atoms with E-state index in [1.54, 1.807) is 0 Å². The molecule has 1 unspecified atom stereocenters. The van der Waals surface area contributed by atoms with E-state index >= 15 is 0 Å². The average Bonchev–Trinajstić information content (AvgIpc) is 2.95. The smallest absolute Gasteiger partial charge is 0.225 e. The lowest BCUT2D eigenvalue weighted by atomic mass is 9.87. The highest BCUT2D eigenvalue weighted by Gasteiger charge is 2.40. The van der Waals surface area contributed by atoms with Crippen molar-refractivity contribution >= 4 is 5.91 Å². The predicted molar refractivity (Wildman–Crippen MR) is 108 cm³/mol. The number of rotatable bonds is 5. The number of carbonyl (C=O) groups is 1. The SMILES string of the molecule is Cc1n[nH]c(C)c1CN1CCC2(CC1)CC(=O)N(CCC1COCCO1)CCO2. The van der Waals surface area contributed by atoms with Gasteiger partial charge in [0.25, 0.3) is 0 Å². The number of nitrogens with zero attached hydrogens (tertiary/aromatic N) is 3. The summed E-state index contributed by atoms with van der Waals surface area (Å²) in [6.45, 7) is 10.9. The number of hydrogen-bond acceptors (Lipinski definition) is 6. The number of piperidine rings is 1. The molecule has 0 aromatic carbocycles. The molecule has 1 aromatic heterocycles. The normalized spacial score (nSPS) is 26.1. The van der Waals surface area contributed by atoms with Crippen LogP contribution in [0.25, 0.3) is 0 Å². The van der Waals surface area contributed by atoms with Gasteiger partial charge in [0.1, 0.15) is 0 Å². The van der Waals surface area contributed by atoms with Gasteiger partial charge in [-0.15, -0.1) is 0 Å². The first-order valence-electron chi connectivity index (χ1n) is 10.9. The Balaban J connectivity index is 1.28. The molecule has 1 spiro atoms. The minimum atomic E-state index is -0.298. The Bertz CT molecular complexity index is 673. The van der Waals surface area contributed by atoms with Gasteiger partial charge >= 0.3 is 0 Å². The van der Waals surface area contributed by atoms with Gasteiger partial charge in [-0.25, -0.2) is 0 Å². The Morgan fingerprint density at radius 3 is 2.69 bits per heavy atom. The monoisotopic (exact) mass is 406 g/mol. The van der Waals surface area contributed by atoms with Gasteiger partial charge in [-0.2, -0.15) is 5.10 Å². The molecule has 8 heteroatoms. The molecule has 0 bridgehead atoms. The minimum Gasteiger partial charge on any atom is -0.376 e. The molecule has 1 amide bonds. The van der Waals surface area contributed by atoms with Crippen molar-refractivity contribution < 1.29 is 19.0 Å². The summed E-state index contributed by atoms with van der Waals surface area (Å²) in [5.74, 6) is 0.217. The van der Waals surface area contributed by atoms with Gasteiger partial charge in [-0.1, -0.05) is 0 Å². The number of aromatic nitrogens is 2. The largest absolute Gasteiger partial charge is 0.376 e. The number of likely N-dealkylation sites (tertiary alicyclic amines) is 1. The van der Waals surface area contributed by atoms with Gasteiger partial charge in [-0.3, -0.25) is 14.8 Å². The molecule has 0 radical (unpaired) electrons. The van der Waals surface area contributed by atoms with Gasteiger partial charge in [0.2, 0.25) is 5.91 Å². The van der Waals surface area contributed by atoms with Gasteiger partial charge in [0, 0.05) is 44.0 Å². The summed E-state index contributed by atoms with van der Waals surface area (Å²) in [7, 11) is 0. The third-order valence-corrected chi connectivity index (χ3v) is 6.63. The molecule has 3 aliphatic rings. The van der Waals surface area contributed by atoms with E-state index in [0.717, 1.165) is 56.8 Å². The third kappa shape index (κ3) is 4.99. The quantitative estimate of drug-likeness (QED) is 0.797. The molecule has 1 N–H and O–H groups in total. The Kier molecular flexibility index (Phi) is 6.53. The highest BCUT2D eigenvalue weighted by Crippen LogP contribution is 2.33. The molecular weight excluding hydrogens is 372 g/mol. The second kappa shape index (κ2) is 9.12. The first kappa shape index (κ1) is 20.8. The lowest BCUT2D eigenvalue weighted by molar-refractivity contribution is -0.136. The zero-order chi connectivity index (χ0) is 20.3. The predicted octanol–water partition coefficient (Wildman–Crippen LogP) is 1.42. The summed E-state index contributed by atoms with van der Waals surface area (Å²) in [6.07, 6.45) is 3.24. The number of ether oxygens (including phenoxy) is 3. The molecule has 1 atom stereocenters. The third-order valence-electron chi connectivity index (χ3n) is 6.63. The molecule has 1 aromatic rings. The van der Waals surface area contributed by atoms with Crippen molar-refractivity contribution in [2.45, 2.75) is 57.8 Å². The number of hydrogen-bond donors (Lipinski definition) is 1. The number of amides is 1. The van der Waals surface area contributed by atoms with Crippen molar-refractivity contribution in [3.8, 4) is 0 Å². The topological polar surface area (TPSA) is 79.9 Å². The lowest BCUT2D eigenvalue weighted by Gasteiger charge is -2.40. The van der Waals surface area contributed by atoms with E-state index in [2.05, 4.69) is 28.9 Å². The summed E-state index contributed by atoms with van der Waals surface area (Å²) < 4.78 is 17.5. The fraction of sp³-hybridized carbons (Fsp3) is 0.810. The number of carbonyl (C=O) groups excluding carboxylic acids is 1. The molecule has 3 saturated heterocycles. The molecular formula is C21H34N4O4. The van der Waals surface area contributed by atoms with Crippen LogP contribution in [0.1, 0.15) is 42.6 Å². The summed E-state index contributed by atoms with van der Waals surface area (Å²) in [5, 5.41) is 7.37. The van der Waals surface area contributed by atoms with Crippen LogP contribution >= 0.6 is 0 Å². The second-order valence-electron chi connectivity index (χ2n) is 8.63. The lowest BCUT2D eigenvalue weighted by Crippen LogP contribution is -2.47. The molecule has 0 saturated carbocycles. The summed E-state index contributed by atoms with van der Waals surface area (Å²) in [4.78, 5) is 17.3. The van der Waals surface area contributed by atoms with E-state index in [0.29, 0.717) is 39.4 Å². The maximum atomic E-state index is 12.9. The summed E-state index contributed by atoms with van der Waals surface area (Å²) in [5.41, 5.74) is 3.21. The van der Waals surface area contributed by atoms with Crippen LogP contribution in [-0.2, 0) is 25.5 Å². The Morgan fingerprint density at radius 1 is 1.17 bits per heavy atom. The maximum Gasteiger partial charge on any atom is 0.225 e. The highest BCUT2D eigenvalue weighted by atomic mass is 16.6. The molecule has 4 heterocycles. The fourth-order valence-corrected chi connectivity index (χ4v) is 4.65. The van der Waals surface area contributed by atoms with Crippen LogP contribution < -0.4 is 0 Å². The van der Waals surface area contributed by atoms with Crippen molar-refractivity contribution in [3.63, 3.8) is 0 Å². The number of aryl methyl sites for hydroxylation is 2. The fourth-order valence-electron chi connectivity index (χ4n) is 4.65. The summed E-state index contributed by atoms with van der Waals surface area (Å²) >= 11 is 0. The zero-order valence-electron chi connectivity index (χ0n) is 17.7. The van der Waals surface area contributed by atoms with Crippen LogP contribution in [0.15, 0.2) is 0 Å². The van der Waals surface area contributed by atoms with E-state index in [-0.39, 0.29) is 17.6 Å². The molecule has 3 aliphatic heterocycles. The van der Waals surface area contributed by atoms with Crippen LogP contribution in [0.5, 0.6) is 0 Å². The molecule has 4 rings (SSSR count). The Hall–Kier alpha value is -1.48. The van der Waals surface area contributed by atoms with Crippen LogP contribution in [0.4, 0.5) is 0 Å². The first-order valence-corrected chi connectivity index (χ1v) is 10.9. The second-order valence-corrected chi connectivity index (χ2v) is 8.63. The van der Waals surface area contributed by atoms with Crippen LogP contribution in [0, 0.1) is 13.8 Å². The standard InChI is InChI=1S/C21H34N4O4/c1-16-19(17(2)23-22-16)14-24-7-4-21(5-8-24)13-20(26)25(9-10-29-21)6-3-18-15-27-11-12-28-18/h18H,3-15H2,1-2H3,(H,22,23). The Morgan fingerprint density at radius 2 is 2.00 bits per heavy atom. The minimum absolute atomic E-state index is 0.104. The van der Waals surface area contributed by atoms with Crippen molar-refractivity contribution in [2.24, 2.45) is 0 Å². The number of nitrogens with one attached hydrogen (secondary N) is 1. The highest BCUT2D eigenvalue weighted by molar-refractivity contribution is 5.77. The van der Waals surface area contributed by atoms with E-state index in [1.165, 1.54) is 5.56 Å². The van der Waals surface area contributed by atoms with Crippen molar-refractivity contribution in [2.75, 3.05) is 52.6 Å². The van der Waals surface area contributed by atoms with Crippen molar-refractivity contribution in [3.05, 3.63) is 17.0 Å². The van der Waals surface area contributed by atoms with Crippen LogP contribution in [-0.4, -0.2) is 90.2 Å². The average molecular weight is 407 g/mol. The van der Waals surface area contributed by atoms with Crippen molar-refractivity contribution in [1.82, 2.24) is 20.0 Å². The molecule has 3 fully saturated rings. The Labute approximate surface area is 172 Å². The molecule has 8 nitrogen and oxygen atoms in total. The van der Waals surface area contributed by atoms with Crippen LogP contribution in [0.3, 0.4) is 0 Å². The van der Waals surface area contributed by atoms with Crippen LogP contribution in [0.2, 0.25) is 0 Å². The molecule has 29 heavy (non-hydrogen) atoms. The van der Waals surface area contributed by atoms with Gasteiger partial charge in [0.15, 0.2) is 0 Å². The van der Waals surface area contributed by atoms with Gasteiger partial charge in [0.05, 0.1) is 50.2 Å². The number of aromatic amines is 1.